The maximum Gasteiger partial charge on any atom is 0.143 e. The topological polar surface area (TPSA) is 34.1 Å². The van der Waals surface area contributed by atoms with Crippen molar-refractivity contribution in [3.05, 3.63) is 11.6 Å². The zero-order chi connectivity index (χ0) is 11.6. The molecule has 0 saturated carbocycles. The van der Waals surface area contributed by atoms with Crippen LogP contribution in [0.15, 0.2) is 11.6 Å². The number of ketones is 2. The Morgan fingerprint density at radius 2 is 2.13 bits per heavy atom. The zero-order valence-electron chi connectivity index (χ0n) is 10.1. The minimum Gasteiger partial charge on any atom is -0.299 e. The van der Waals surface area contributed by atoms with E-state index in [2.05, 4.69) is 0 Å². The van der Waals surface area contributed by atoms with Crippen molar-refractivity contribution in [3.8, 4) is 0 Å². The van der Waals surface area contributed by atoms with Gasteiger partial charge in [-0.25, -0.2) is 0 Å². The maximum absolute atomic E-state index is 12.0. The van der Waals surface area contributed by atoms with Crippen molar-refractivity contribution in [2.45, 2.75) is 47.0 Å². The van der Waals surface area contributed by atoms with Crippen LogP contribution in [0.3, 0.4) is 0 Å². The minimum atomic E-state index is -0.509. The fraction of sp³-hybridized carbons (Fsp3) is 0.692. The van der Waals surface area contributed by atoms with Crippen LogP contribution >= 0.6 is 0 Å². The van der Waals surface area contributed by atoms with Gasteiger partial charge in [0.1, 0.15) is 11.6 Å². The van der Waals surface area contributed by atoms with Crippen molar-refractivity contribution in [2.24, 2.45) is 11.3 Å². The van der Waals surface area contributed by atoms with Gasteiger partial charge in [0.15, 0.2) is 0 Å². The third-order valence-electron chi connectivity index (χ3n) is 3.32. The zero-order valence-corrected chi connectivity index (χ0v) is 10.1. The Hall–Kier alpha value is -0.920. The molecule has 0 saturated heterocycles. The lowest BCUT2D eigenvalue weighted by atomic mass is 9.65. The van der Waals surface area contributed by atoms with Gasteiger partial charge in [-0.3, -0.25) is 9.59 Å². The van der Waals surface area contributed by atoms with Crippen molar-refractivity contribution in [1.29, 1.82) is 0 Å². The standard InChI is InChI=1S/C13H20O2/c1-5-6-10(14)12-9(2)7-8-11(15)13(12,3)4/h7,12H,5-6,8H2,1-4H3. The highest BCUT2D eigenvalue weighted by atomic mass is 16.1. The molecule has 0 spiro atoms. The Morgan fingerprint density at radius 1 is 1.53 bits per heavy atom. The van der Waals surface area contributed by atoms with Crippen molar-refractivity contribution in [2.75, 3.05) is 0 Å². The van der Waals surface area contributed by atoms with Gasteiger partial charge in [0.25, 0.3) is 0 Å². The van der Waals surface area contributed by atoms with E-state index >= 15 is 0 Å². The average molecular weight is 208 g/mol. The van der Waals surface area contributed by atoms with Gasteiger partial charge in [-0.15, -0.1) is 0 Å². The first-order chi connectivity index (χ1) is 6.91. The van der Waals surface area contributed by atoms with E-state index in [1.54, 1.807) is 0 Å². The average Bonchev–Trinajstić information content (AvgIpc) is 2.12. The summed E-state index contributed by atoms with van der Waals surface area (Å²) in [5, 5.41) is 0. The molecular formula is C13H20O2. The Morgan fingerprint density at radius 3 is 2.67 bits per heavy atom. The van der Waals surface area contributed by atoms with Gasteiger partial charge in [-0.2, -0.15) is 0 Å². The Bertz CT molecular complexity index is 310. The lowest BCUT2D eigenvalue weighted by Crippen LogP contribution is -2.40. The molecule has 0 aliphatic heterocycles. The van der Waals surface area contributed by atoms with Gasteiger partial charge in [0.05, 0.1) is 5.92 Å². The maximum atomic E-state index is 12.0. The van der Waals surface area contributed by atoms with E-state index in [-0.39, 0.29) is 17.5 Å². The summed E-state index contributed by atoms with van der Waals surface area (Å²) < 4.78 is 0. The summed E-state index contributed by atoms with van der Waals surface area (Å²) in [6.07, 6.45) is 3.82. The molecule has 0 fully saturated rings. The number of carbonyl (C=O) groups excluding carboxylic acids is 2. The second-order valence-electron chi connectivity index (χ2n) is 4.95. The third kappa shape index (κ3) is 2.19. The number of allylic oxidation sites excluding steroid dienone is 2. The van der Waals surface area contributed by atoms with E-state index in [1.165, 1.54) is 0 Å². The van der Waals surface area contributed by atoms with Gasteiger partial charge < -0.3 is 0 Å². The molecule has 1 aliphatic rings. The van der Waals surface area contributed by atoms with E-state index in [0.717, 1.165) is 12.0 Å². The molecule has 0 radical (unpaired) electrons. The molecule has 15 heavy (non-hydrogen) atoms. The monoisotopic (exact) mass is 208 g/mol. The van der Waals surface area contributed by atoms with Crippen LogP contribution in [0.5, 0.6) is 0 Å². The largest absolute Gasteiger partial charge is 0.299 e. The number of rotatable bonds is 3. The molecule has 1 unspecified atom stereocenters. The van der Waals surface area contributed by atoms with Gasteiger partial charge in [0.2, 0.25) is 0 Å². The number of carbonyl (C=O) groups is 2. The molecule has 0 N–H and O–H groups in total. The first kappa shape index (κ1) is 12.2. The molecule has 1 rings (SSSR count). The van der Waals surface area contributed by atoms with Crippen molar-refractivity contribution < 1.29 is 9.59 Å². The summed E-state index contributed by atoms with van der Waals surface area (Å²) in [5.74, 6) is 0.200. The quantitative estimate of drug-likeness (QED) is 0.668. The van der Waals surface area contributed by atoms with Crippen molar-refractivity contribution >= 4 is 11.6 Å². The summed E-state index contributed by atoms with van der Waals surface area (Å²) >= 11 is 0. The number of hydrogen-bond donors (Lipinski definition) is 0. The van der Waals surface area contributed by atoms with Gasteiger partial charge in [-0.1, -0.05) is 32.4 Å². The lowest BCUT2D eigenvalue weighted by molar-refractivity contribution is -0.136. The molecule has 0 aromatic heterocycles. The Kier molecular flexibility index (Phi) is 3.48. The van der Waals surface area contributed by atoms with Crippen LogP contribution in [0, 0.1) is 11.3 Å². The minimum absolute atomic E-state index is 0.183. The predicted octanol–water partition coefficient (Wildman–Crippen LogP) is 2.92. The molecule has 1 atom stereocenters. The number of hydrogen-bond acceptors (Lipinski definition) is 2. The first-order valence-corrected chi connectivity index (χ1v) is 5.64. The van der Waals surface area contributed by atoms with E-state index in [0.29, 0.717) is 12.8 Å². The summed E-state index contributed by atoms with van der Waals surface area (Å²) in [5.41, 5.74) is 0.559. The Labute approximate surface area is 91.7 Å². The van der Waals surface area contributed by atoms with Crippen molar-refractivity contribution in [3.63, 3.8) is 0 Å². The summed E-state index contributed by atoms with van der Waals surface area (Å²) in [6, 6.07) is 0. The normalized spacial score (nSPS) is 24.9. The molecule has 0 amide bonds. The molecular weight excluding hydrogens is 188 g/mol. The van der Waals surface area contributed by atoms with Crippen LogP contribution in [-0.4, -0.2) is 11.6 Å². The van der Waals surface area contributed by atoms with Gasteiger partial charge in [-0.05, 0) is 13.3 Å². The smallest absolute Gasteiger partial charge is 0.143 e. The fourth-order valence-corrected chi connectivity index (χ4v) is 2.41. The summed E-state index contributed by atoms with van der Waals surface area (Å²) in [6.45, 7) is 7.75. The SMILES string of the molecule is CCCC(=O)C1C(C)=CCC(=O)C1(C)C. The highest BCUT2D eigenvalue weighted by Crippen LogP contribution is 2.39. The molecule has 0 aromatic carbocycles. The van der Waals surface area contributed by atoms with Crippen LogP contribution in [0.25, 0.3) is 0 Å². The third-order valence-corrected chi connectivity index (χ3v) is 3.32. The van der Waals surface area contributed by atoms with Crippen LogP contribution < -0.4 is 0 Å². The van der Waals surface area contributed by atoms with Crippen LogP contribution in [0.2, 0.25) is 0 Å². The molecule has 2 nitrogen and oxygen atoms in total. The van der Waals surface area contributed by atoms with E-state index in [4.69, 9.17) is 0 Å². The second kappa shape index (κ2) is 4.30. The highest BCUT2D eigenvalue weighted by Gasteiger charge is 2.42. The molecule has 2 heteroatoms. The van der Waals surface area contributed by atoms with E-state index in [1.807, 2.05) is 33.8 Å². The Balaban J connectivity index is 3.01. The van der Waals surface area contributed by atoms with E-state index < -0.39 is 5.41 Å². The lowest BCUT2D eigenvalue weighted by Gasteiger charge is -2.35. The fourth-order valence-electron chi connectivity index (χ4n) is 2.41. The molecule has 84 valence electrons. The van der Waals surface area contributed by atoms with Crippen LogP contribution in [0.1, 0.15) is 47.0 Å². The molecule has 0 heterocycles. The highest BCUT2D eigenvalue weighted by molar-refractivity contribution is 5.96. The van der Waals surface area contributed by atoms with E-state index in [9.17, 15) is 9.59 Å². The molecule has 0 bridgehead atoms. The van der Waals surface area contributed by atoms with Gasteiger partial charge >= 0.3 is 0 Å². The first-order valence-electron chi connectivity index (χ1n) is 5.64. The summed E-state index contributed by atoms with van der Waals surface area (Å²) in [4.78, 5) is 23.8. The second-order valence-corrected chi connectivity index (χ2v) is 4.95. The van der Waals surface area contributed by atoms with Gasteiger partial charge in [0, 0.05) is 18.3 Å². The van der Waals surface area contributed by atoms with Crippen LogP contribution in [-0.2, 0) is 9.59 Å². The summed E-state index contributed by atoms with van der Waals surface area (Å²) in [7, 11) is 0. The molecule has 1 aliphatic carbocycles. The van der Waals surface area contributed by atoms with Crippen LogP contribution in [0.4, 0.5) is 0 Å². The predicted molar refractivity (Wildman–Crippen MR) is 60.6 cm³/mol. The molecule has 0 aromatic rings. The number of Topliss-reactive ketones (excluding diaryl/α,β-unsaturated/α-hetero) is 2. The van der Waals surface area contributed by atoms with Crippen molar-refractivity contribution in [1.82, 2.24) is 0 Å².